The highest BCUT2D eigenvalue weighted by atomic mass is 16.5. The molecule has 0 aliphatic carbocycles. The van der Waals surface area contributed by atoms with Gasteiger partial charge in [-0.15, -0.1) is 0 Å². The van der Waals surface area contributed by atoms with E-state index in [2.05, 4.69) is 10.1 Å². The van der Waals surface area contributed by atoms with Crippen molar-refractivity contribution in [2.75, 3.05) is 13.2 Å². The molecule has 1 aliphatic heterocycles. The summed E-state index contributed by atoms with van der Waals surface area (Å²) in [6.45, 7) is 2.43. The van der Waals surface area contributed by atoms with Crippen LogP contribution in [0.15, 0.2) is 4.52 Å². The van der Waals surface area contributed by atoms with Crippen LogP contribution in [0.3, 0.4) is 0 Å². The van der Waals surface area contributed by atoms with E-state index in [1.807, 2.05) is 6.92 Å². The second kappa shape index (κ2) is 3.88. The predicted octanol–water partition coefficient (Wildman–Crippen LogP) is 0.0873. The monoisotopic (exact) mass is 213 g/mol. The topological polar surface area (TPSA) is 94.4 Å². The van der Waals surface area contributed by atoms with E-state index in [1.165, 1.54) is 0 Å². The van der Waals surface area contributed by atoms with E-state index in [0.29, 0.717) is 18.3 Å². The molecule has 1 aliphatic rings. The fraction of sp³-hybridized carbons (Fsp3) is 0.778. The molecule has 2 heterocycles. The maximum Gasteiger partial charge on any atom is 0.258 e. The Hall–Kier alpha value is -0.980. The quantitative estimate of drug-likeness (QED) is 0.738. The van der Waals surface area contributed by atoms with E-state index in [-0.39, 0.29) is 6.61 Å². The summed E-state index contributed by atoms with van der Waals surface area (Å²) in [5.41, 5.74) is 5.09. The third kappa shape index (κ3) is 1.88. The number of nitrogens with two attached hydrogens (primary N) is 1. The Morgan fingerprint density at radius 2 is 2.47 bits per heavy atom. The van der Waals surface area contributed by atoms with E-state index in [1.54, 1.807) is 0 Å². The van der Waals surface area contributed by atoms with Gasteiger partial charge in [0.05, 0.1) is 12.6 Å². The maximum absolute atomic E-state index is 8.85. The van der Waals surface area contributed by atoms with Crippen LogP contribution in [0.4, 0.5) is 0 Å². The lowest BCUT2D eigenvalue weighted by Gasteiger charge is -2.16. The van der Waals surface area contributed by atoms with Crippen LogP contribution in [-0.4, -0.2) is 28.5 Å². The second-order valence-electron chi connectivity index (χ2n) is 3.93. The Kier molecular flexibility index (Phi) is 2.72. The Morgan fingerprint density at radius 1 is 1.67 bits per heavy atom. The molecule has 6 nitrogen and oxygen atoms in total. The molecule has 1 aromatic heterocycles. The van der Waals surface area contributed by atoms with Crippen LogP contribution in [0.25, 0.3) is 0 Å². The number of hydrogen-bond acceptors (Lipinski definition) is 6. The van der Waals surface area contributed by atoms with Crippen LogP contribution >= 0.6 is 0 Å². The van der Waals surface area contributed by atoms with Gasteiger partial charge in [-0.2, -0.15) is 4.98 Å². The number of ether oxygens (including phenoxy) is 1. The Bertz CT molecular complexity index is 333. The molecule has 2 atom stereocenters. The zero-order valence-electron chi connectivity index (χ0n) is 8.64. The molecular weight excluding hydrogens is 198 g/mol. The molecule has 3 N–H and O–H groups in total. The standard InChI is InChI=1S/C9H15N3O3/c1-9(3-2-4-14-9)8-11-7(12-15-8)6(10)5-13/h6,13H,2-5,10H2,1H3. The molecule has 0 bridgehead atoms. The minimum Gasteiger partial charge on any atom is -0.394 e. The zero-order valence-corrected chi connectivity index (χ0v) is 8.64. The number of aliphatic hydroxyl groups is 1. The van der Waals surface area contributed by atoms with Crippen LogP contribution in [0.5, 0.6) is 0 Å². The first kappa shape index (κ1) is 10.5. The highest BCUT2D eigenvalue weighted by Gasteiger charge is 2.37. The van der Waals surface area contributed by atoms with Gasteiger partial charge in [-0.05, 0) is 19.8 Å². The van der Waals surface area contributed by atoms with Gasteiger partial charge in [0, 0.05) is 6.61 Å². The maximum atomic E-state index is 8.85. The summed E-state index contributed by atoms with van der Waals surface area (Å²) in [5, 5.41) is 12.6. The number of aromatic nitrogens is 2. The van der Waals surface area contributed by atoms with Gasteiger partial charge in [0.2, 0.25) is 0 Å². The fourth-order valence-corrected chi connectivity index (χ4v) is 1.63. The third-order valence-corrected chi connectivity index (χ3v) is 2.64. The van der Waals surface area contributed by atoms with Crippen molar-refractivity contribution in [2.45, 2.75) is 31.4 Å². The molecule has 84 valence electrons. The van der Waals surface area contributed by atoms with Gasteiger partial charge in [0.1, 0.15) is 5.60 Å². The Balaban J connectivity index is 2.19. The smallest absolute Gasteiger partial charge is 0.258 e. The van der Waals surface area contributed by atoms with Gasteiger partial charge in [0.25, 0.3) is 5.89 Å². The minimum absolute atomic E-state index is 0.198. The van der Waals surface area contributed by atoms with E-state index < -0.39 is 11.6 Å². The molecule has 2 rings (SSSR count). The van der Waals surface area contributed by atoms with Crippen LogP contribution in [0.2, 0.25) is 0 Å². The highest BCUT2D eigenvalue weighted by molar-refractivity contribution is 5.02. The number of aliphatic hydroxyl groups excluding tert-OH is 1. The summed E-state index contributed by atoms with van der Waals surface area (Å²) >= 11 is 0. The summed E-state index contributed by atoms with van der Waals surface area (Å²) in [6, 6.07) is -0.590. The molecule has 2 unspecified atom stereocenters. The van der Waals surface area contributed by atoms with Crippen LogP contribution < -0.4 is 5.73 Å². The van der Waals surface area contributed by atoms with Crippen molar-refractivity contribution in [1.82, 2.24) is 10.1 Å². The zero-order chi connectivity index (χ0) is 10.9. The first-order valence-corrected chi connectivity index (χ1v) is 5.00. The first-order valence-electron chi connectivity index (χ1n) is 5.00. The molecule has 1 fully saturated rings. The summed E-state index contributed by atoms with van der Waals surface area (Å²) in [7, 11) is 0. The van der Waals surface area contributed by atoms with E-state index >= 15 is 0 Å². The van der Waals surface area contributed by atoms with Gasteiger partial charge < -0.3 is 20.1 Å². The average molecular weight is 213 g/mol. The molecule has 15 heavy (non-hydrogen) atoms. The molecule has 0 aromatic carbocycles. The molecule has 0 saturated carbocycles. The van der Waals surface area contributed by atoms with Crippen molar-refractivity contribution in [1.29, 1.82) is 0 Å². The van der Waals surface area contributed by atoms with Gasteiger partial charge in [0.15, 0.2) is 5.82 Å². The van der Waals surface area contributed by atoms with E-state index in [9.17, 15) is 0 Å². The Labute approximate surface area is 87.4 Å². The number of rotatable bonds is 3. The van der Waals surface area contributed by atoms with Crippen molar-refractivity contribution in [2.24, 2.45) is 5.73 Å². The third-order valence-electron chi connectivity index (χ3n) is 2.64. The molecule has 0 spiro atoms. The lowest BCUT2D eigenvalue weighted by atomic mass is 10.0. The van der Waals surface area contributed by atoms with Crippen molar-refractivity contribution in [3.63, 3.8) is 0 Å². The number of hydrogen-bond donors (Lipinski definition) is 2. The minimum atomic E-state index is -0.590. The Morgan fingerprint density at radius 3 is 3.07 bits per heavy atom. The second-order valence-corrected chi connectivity index (χ2v) is 3.93. The SMILES string of the molecule is CC1(c2nc(C(N)CO)no2)CCCO1. The van der Waals surface area contributed by atoms with Crippen LogP contribution in [0.1, 0.15) is 37.5 Å². The van der Waals surface area contributed by atoms with Crippen molar-refractivity contribution in [3.05, 3.63) is 11.7 Å². The van der Waals surface area contributed by atoms with Crippen molar-refractivity contribution in [3.8, 4) is 0 Å². The van der Waals surface area contributed by atoms with E-state index in [4.69, 9.17) is 20.1 Å². The van der Waals surface area contributed by atoms with E-state index in [0.717, 1.165) is 12.8 Å². The van der Waals surface area contributed by atoms with Crippen molar-refractivity contribution < 1.29 is 14.4 Å². The first-order chi connectivity index (χ1) is 7.15. The lowest BCUT2D eigenvalue weighted by Crippen LogP contribution is -2.21. The van der Waals surface area contributed by atoms with Gasteiger partial charge in [-0.3, -0.25) is 0 Å². The molecule has 0 amide bonds. The van der Waals surface area contributed by atoms with Crippen molar-refractivity contribution >= 4 is 0 Å². The molecule has 6 heteroatoms. The van der Waals surface area contributed by atoms with Crippen LogP contribution in [0, 0.1) is 0 Å². The summed E-state index contributed by atoms with van der Waals surface area (Å²) in [4.78, 5) is 4.15. The largest absolute Gasteiger partial charge is 0.394 e. The molecule has 0 radical (unpaired) electrons. The number of nitrogens with zero attached hydrogens (tertiary/aromatic N) is 2. The van der Waals surface area contributed by atoms with Crippen LogP contribution in [-0.2, 0) is 10.3 Å². The van der Waals surface area contributed by atoms with Gasteiger partial charge >= 0.3 is 0 Å². The highest BCUT2D eigenvalue weighted by Crippen LogP contribution is 2.34. The predicted molar refractivity (Wildman–Crippen MR) is 50.9 cm³/mol. The molecular formula is C9H15N3O3. The normalized spacial score (nSPS) is 28.2. The molecule has 1 aromatic rings. The fourth-order valence-electron chi connectivity index (χ4n) is 1.63. The summed E-state index contributed by atoms with van der Waals surface area (Å²) in [5.74, 6) is 0.767. The van der Waals surface area contributed by atoms with Gasteiger partial charge in [-0.1, -0.05) is 5.16 Å². The molecule has 1 saturated heterocycles. The average Bonchev–Trinajstić information content (AvgIpc) is 2.85. The summed E-state index contributed by atoms with van der Waals surface area (Å²) in [6.07, 6.45) is 1.85. The van der Waals surface area contributed by atoms with Gasteiger partial charge in [-0.25, -0.2) is 0 Å². The summed E-state index contributed by atoms with van der Waals surface area (Å²) < 4.78 is 10.7. The lowest BCUT2D eigenvalue weighted by molar-refractivity contribution is -0.00937.